The summed E-state index contributed by atoms with van der Waals surface area (Å²) in [7, 11) is 0. The molecular formula is C17H23ClF3N5O3. The minimum absolute atomic E-state index is 0.0460. The van der Waals surface area contributed by atoms with Crippen molar-refractivity contribution in [2.45, 2.75) is 19.1 Å². The van der Waals surface area contributed by atoms with Crippen molar-refractivity contribution in [1.82, 2.24) is 19.7 Å². The normalized spacial score (nSPS) is 18.2. The predicted octanol–water partition coefficient (Wildman–Crippen LogP) is 2.09. The van der Waals surface area contributed by atoms with Crippen molar-refractivity contribution in [1.29, 1.82) is 0 Å². The van der Waals surface area contributed by atoms with E-state index in [1.165, 1.54) is 0 Å². The molecule has 2 N–H and O–H groups in total. The standard InChI is InChI=1S/C17H23ClF3N5O3/c18-15-4-1-3-13(23-15)9-25-5-2-6-26-12-24(7-8-27-11-17(19,20)21)10-14(16(25)26)28-29-22/h1,3-4H,2,5-12,22H2. The number of aromatic nitrogens is 1. The molecule has 29 heavy (non-hydrogen) atoms. The SMILES string of the molecule is NOOC1=C2N(Cc3cccc(Cl)n3)CCCN2CN(CCOCC(F)(F)F)C1. The first-order valence-electron chi connectivity index (χ1n) is 9.10. The molecule has 8 nitrogen and oxygen atoms in total. The summed E-state index contributed by atoms with van der Waals surface area (Å²) < 4.78 is 41.4. The van der Waals surface area contributed by atoms with Crippen LogP contribution in [0.4, 0.5) is 13.2 Å². The maximum absolute atomic E-state index is 12.2. The molecule has 0 spiro atoms. The second-order valence-electron chi connectivity index (χ2n) is 6.78. The zero-order valence-electron chi connectivity index (χ0n) is 15.7. The van der Waals surface area contributed by atoms with E-state index in [4.69, 9.17) is 27.1 Å². The lowest BCUT2D eigenvalue weighted by Crippen LogP contribution is -2.53. The van der Waals surface area contributed by atoms with E-state index in [2.05, 4.69) is 19.8 Å². The first-order valence-corrected chi connectivity index (χ1v) is 9.48. The first-order chi connectivity index (χ1) is 13.9. The minimum Gasteiger partial charge on any atom is -0.371 e. The fourth-order valence-electron chi connectivity index (χ4n) is 3.46. The lowest BCUT2D eigenvalue weighted by molar-refractivity contribution is -0.275. The molecule has 1 saturated heterocycles. The molecule has 0 amide bonds. The van der Waals surface area contributed by atoms with E-state index in [9.17, 15) is 13.2 Å². The van der Waals surface area contributed by atoms with Gasteiger partial charge in [0.1, 0.15) is 17.6 Å². The van der Waals surface area contributed by atoms with Crippen LogP contribution < -0.4 is 5.90 Å². The molecule has 3 heterocycles. The minimum atomic E-state index is -4.33. The highest BCUT2D eigenvalue weighted by molar-refractivity contribution is 6.29. The monoisotopic (exact) mass is 437 g/mol. The Labute approximate surface area is 171 Å². The number of hydrogen-bond donors (Lipinski definition) is 1. The molecule has 0 aromatic carbocycles. The number of fused-ring (bicyclic) bond motifs is 1. The van der Waals surface area contributed by atoms with Crippen LogP contribution in [0, 0.1) is 0 Å². The Morgan fingerprint density at radius 3 is 2.79 bits per heavy atom. The summed E-state index contributed by atoms with van der Waals surface area (Å²) in [6, 6.07) is 5.44. The third-order valence-corrected chi connectivity index (χ3v) is 4.74. The summed E-state index contributed by atoms with van der Waals surface area (Å²) in [4.78, 5) is 20.0. The van der Waals surface area contributed by atoms with Gasteiger partial charge in [0.25, 0.3) is 0 Å². The van der Waals surface area contributed by atoms with E-state index >= 15 is 0 Å². The maximum Gasteiger partial charge on any atom is 0.411 e. The van der Waals surface area contributed by atoms with Gasteiger partial charge in [0, 0.05) is 19.6 Å². The van der Waals surface area contributed by atoms with Crippen molar-refractivity contribution in [2.75, 3.05) is 46.1 Å². The van der Waals surface area contributed by atoms with Crippen LogP contribution >= 0.6 is 11.6 Å². The second kappa shape index (κ2) is 9.81. The van der Waals surface area contributed by atoms with Crippen LogP contribution in [-0.2, 0) is 21.2 Å². The Hall–Kier alpha value is -1.79. The molecule has 1 aromatic rings. The molecule has 0 radical (unpaired) electrons. The van der Waals surface area contributed by atoms with Crippen LogP contribution in [-0.4, -0.2) is 71.9 Å². The van der Waals surface area contributed by atoms with Gasteiger partial charge in [-0.25, -0.2) is 4.98 Å². The van der Waals surface area contributed by atoms with Gasteiger partial charge in [0.15, 0.2) is 5.76 Å². The van der Waals surface area contributed by atoms with E-state index in [1.54, 1.807) is 6.07 Å². The van der Waals surface area contributed by atoms with Crippen LogP contribution in [0.25, 0.3) is 0 Å². The van der Waals surface area contributed by atoms with E-state index in [-0.39, 0.29) is 6.61 Å². The fraction of sp³-hybridized carbons (Fsp3) is 0.588. The summed E-state index contributed by atoms with van der Waals surface area (Å²) >= 11 is 5.98. The van der Waals surface area contributed by atoms with Gasteiger partial charge in [-0.3, -0.25) is 4.90 Å². The van der Waals surface area contributed by atoms with Gasteiger partial charge >= 0.3 is 6.18 Å². The largest absolute Gasteiger partial charge is 0.411 e. The highest BCUT2D eigenvalue weighted by Crippen LogP contribution is 2.28. The number of halogens is 4. The summed E-state index contributed by atoms with van der Waals surface area (Å²) in [6.45, 7) is 1.94. The topological polar surface area (TPSA) is 76.3 Å². The lowest BCUT2D eigenvalue weighted by Gasteiger charge is -2.46. The van der Waals surface area contributed by atoms with Gasteiger partial charge in [0.2, 0.25) is 0 Å². The molecule has 0 bridgehead atoms. The van der Waals surface area contributed by atoms with Crippen molar-refractivity contribution in [3.8, 4) is 0 Å². The van der Waals surface area contributed by atoms with Gasteiger partial charge in [-0.05, 0) is 18.6 Å². The summed E-state index contributed by atoms with van der Waals surface area (Å²) in [5, 5.41) is 0.417. The van der Waals surface area contributed by atoms with Gasteiger partial charge in [-0.2, -0.15) is 19.1 Å². The molecule has 2 aliphatic rings. The molecule has 1 aromatic heterocycles. The molecule has 0 saturated carbocycles. The van der Waals surface area contributed by atoms with Crippen molar-refractivity contribution < 1.29 is 27.8 Å². The number of ether oxygens (including phenoxy) is 1. The number of nitrogens with zero attached hydrogens (tertiary/aromatic N) is 4. The van der Waals surface area contributed by atoms with Crippen LogP contribution in [0.3, 0.4) is 0 Å². The molecular weight excluding hydrogens is 415 g/mol. The van der Waals surface area contributed by atoms with Crippen LogP contribution in [0.15, 0.2) is 29.8 Å². The molecule has 2 aliphatic heterocycles. The maximum atomic E-state index is 12.2. The average Bonchev–Trinajstić information content (AvgIpc) is 2.65. The van der Waals surface area contributed by atoms with Gasteiger partial charge in [0.05, 0.1) is 32.1 Å². The molecule has 0 aliphatic carbocycles. The summed E-state index contributed by atoms with van der Waals surface area (Å²) in [6.07, 6.45) is -3.43. The summed E-state index contributed by atoms with van der Waals surface area (Å²) in [5.74, 6) is 6.43. The number of alkyl halides is 3. The lowest BCUT2D eigenvalue weighted by atomic mass is 10.2. The molecule has 0 atom stereocenters. The predicted molar refractivity (Wildman–Crippen MR) is 97.7 cm³/mol. The third kappa shape index (κ3) is 6.34. The van der Waals surface area contributed by atoms with Crippen molar-refractivity contribution in [2.24, 2.45) is 5.90 Å². The van der Waals surface area contributed by atoms with E-state index in [0.717, 1.165) is 31.0 Å². The zero-order valence-corrected chi connectivity index (χ0v) is 16.5. The van der Waals surface area contributed by atoms with Crippen LogP contribution in [0.5, 0.6) is 0 Å². The van der Waals surface area contributed by atoms with Crippen molar-refractivity contribution in [3.05, 3.63) is 40.6 Å². The number of nitrogens with two attached hydrogens (primary N) is 1. The Morgan fingerprint density at radius 1 is 1.24 bits per heavy atom. The Bertz CT molecular complexity index is 722. The molecule has 3 rings (SSSR count). The third-order valence-electron chi connectivity index (χ3n) is 4.53. The van der Waals surface area contributed by atoms with Crippen molar-refractivity contribution in [3.63, 3.8) is 0 Å². The molecule has 162 valence electrons. The highest BCUT2D eigenvalue weighted by atomic mass is 35.5. The van der Waals surface area contributed by atoms with Gasteiger partial charge < -0.3 is 19.4 Å². The molecule has 1 fully saturated rings. The smallest absolute Gasteiger partial charge is 0.371 e. The number of rotatable bonds is 8. The van der Waals surface area contributed by atoms with Crippen LogP contribution in [0.1, 0.15) is 12.1 Å². The zero-order chi connectivity index (χ0) is 20.9. The van der Waals surface area contributed by atoms with Gasteiger partial charge in [-0.1, -0.05) is 22.7 Å². The summed E-state index contributed by atoms with van der Waals surface area (Å²) in [5.41, 5.74) is 0.808. The number of hydrogen-bond acceptors (Lipinski definition) is 8. The molecule has 12 heteroatoms. The Kier molecular flexibility index (Phi) is 7.41. The molecule has 0 unspecified atom stereocenters. The average molecular weight is 438 g/mol. The van der Waals surface area contributed by atoms with E-state index < -0.39 is 12.8 Å². The Balaban J connectivity index is 1.68. The van der Waals surface area contributed by atoms with Crippen molar-refractivity contribution >= 4 is 11.6 Å². The second-order valence-corrected chi connectivity index (χ2v) is 7.17. The van der Waals surface area contributed by atoms with E-state index in [0.29, 0.717) is 37.2 Å². The number of pyridine rings is 1. The highest BCUT2D eigenvalue weighted by Gasteiger charge is 2.34. The first kappa shape index (κ1) is 21.9. The fourth-order valence-corrected chi connectivity index (χ4v) is 3.64. The van der Waals surface area contributed by atoms with Gasteiger partial charge in [-0.15, -0.1) is 0 Å². The van der Waals surface area contributed by atoms with Crippen LogP contribution in [0.2, 0.25) is 5.15 Å². The van der Waals surface area contributed by atoms with E-state index in [1.807, 2.05) is 17.0 Å². The quantitative estimate of drug-likeness (QED) is 0.287. The Morgan fingerprint density at radius 2 is 2.07 bits per heavy atom.